The molecule has 3 atom stereocenters. The number of fused-ring (bicyclic) bond motifs is 1. The number of hydrogen-bond acceptors (Lipinski definition) is 5. The summed E-state index contributed by atoms with van der Waals surface area (Å²) in [6.07, 6.45) is 0.862. The average Bonchev–Trinajstić information content (AvgIpc) is 3.23. The van der Waals surface area contributed by atoms with Crippen LogP contribution in [0.4, 0.5) is 0 Å². The van der Waals surface area contributed by atoms with Crippen LogP contribution in [-0.2, 0) is 6.54 Å². The molecule has 0 bridgehead atoms. The van der Waals surface area contributed by atoms with Crippen molar-refractivity contribution in [2.75, 3.05) is 0 Å². The predicted molar refractivity (Wildman–Crippen MR) is 93.9 cm³/mol. The van der Waals surface area contributed by atoms with Crippen LogP contribution in [0.15, 0.2) is 65.7 Å². The lowest BCUT2D eigenvalue weighted by Crippen LogP contribution is -2.48. The summed E-state index contributed by atoms with van der Waals surface area (Å²) in [7, 11) is 0. The van der Waals surface area contributed by atoms with Crippen molar-refractivity contribution in [3.05, 3.63) is 76.8 Å². The molecule has 1 aliphatic rings. The highest BCUT2D eigenvalue weighted by atomic mass is 79.9. The summed E-state index contributed by atoms with van der Waals surface area (Å²) in [6, 6.07) is 14.6. The van der Waals surface area contributed by atoms with E-state index < -0.39 is 17.8 Å². The molecule has 2 aromatic carbocycles. The third kappa shape index (κ3) is 2.74. The molecule has 1 aromatic heterocycles. The molecule has 2 N–H and O–H groups in total. The Labute approximate surface area is 152 Å². The molecule has 7 heteroatoms. The van der Waals surface area contributed by atoms with Gasteiger partial charge in [0.05, 0.1) is 6.54 Å². The van der Waals surface area contributed by atoms with Crippen LogP contribution in [-0.4, -0.2) is 30.6 Å². The van der Waals surface area contributed by atoms with Crippen LogP contribution in [0.1, 0.15) is 23.3 Å². The van der Waals surface area contributed by atoms with E-state index in [0.717, 1.165) is 4.47 Å². The molecule has 3 aromatic rings. The van der Waals surface area contributed by atoms with Crippen LogP contribution < -0.4 is 4.74 Å². The topological polar surface area (TPSA) is 80.4 Å². The van der Waals surface area contributed by atoms with Crippen molar-refractivity contribution in [1.29, 1.82) is 0 Å². The van der Waals surface area contributed by atoms with E-state index >= 15 is 0 Å². The third-order valence-corrected chi connectivity index (χ3v) is 4.98. The number of benzene rings is 2. The lowest BCUT2D eigenvalue weighted by atomic mass is 9.84. The largest absolute Gasteiger partial charge is 0.479 e. The quantitative estimate of drug-likeness (QED) is 0.702. The molecule has 0 aliphatic carbocycles. The zero-order valence-corrected chi connectivity index (χ0v) is 14.7. The van der Waals surface area contributed by atoms with Crippen molar-refractivity contribution < 1.29 is 14.9 Å². The predicted octanol–water partition coefficient (Wildman–Crippen LogP) is 2.64. The molecule has 0 amide bonds. The number of halogens is 1. The minimum Gasteiger partial charge on any atom is -0.479 e. The van der Waals surface area contributed by atoms with Gasteiger partial charge in [-0.15, -0.1) is 0 Å². The maximum Gasteiger partial charge on any atom is 0.188 e. The summed E-state index contributed by atoms with van der Waals surface area (Å²) in [5.74, 6) is 0.547. The zero-order chi connectivity index (χ0) is 17.4. The Morgan fingerprint density at radius 3 is 2.76 bits per heavy atom. The number of ether oxygens (including phenoxy) is 1. The van der Waals surface area contributed by atoms with Crippen molar-refractivity contribution in [3.8, 4) is 5.75 Å². The number of aliphatic hydroxyl groups is 2. The van der Waals surface area contributed by atoms with Gasteiger partial charge in [0.15, 0.2) is 5.60 Å². The van der Waals surface area contributed by atoms with E-state index in [0.29, 0.717) is 16.9 Å². The highest BCUT2D eigenvalue weighted by Gasteiger charge is 2.54. The van der Waals surface area contributed by atoms with Crippen LogP contribution in [0.25, 0.3) is 0 Å². The first-order valence-electron chi connectivity index (χ1n) is 7.82. The van der Waals surface area contributed by atoms with Gasteiger partial charge < -0.3 is 14.9 Å². The molecule has 0 radical (unpaired) electrons. The number of rotatable bonds is 4. The summed E-state index contributed by atoms with van der Waals surface area (Å²) in [6.45, 7) is 0.149. The normalized spacial score (nSPS) is 23.1. The number of hydrogen-bond donors (Lipinski definition) is 2. The maximum atomic E-state index is 11.1. The standard InChI is InChI=1S/C18H16BrN3O3/c19-13-6-7-15-14(8-13)17(24)18(25-15,9-22-11-20-10-21-22)16(23)12-4-2-1-3-5-12/h1-8,10-11,16-17,23-24H,9H2/t16-,17+,18+/m0/s1. The highest BCUT2D eigenvalue weighted by molar-refractivity contribution is 9.10. The van der Waals surface area contributed by atoms with Crippen molar-refractivity contribution in [3.63, 3.8) is 0 Å². The van der Waals surface area contributed by atoms with Crippen LogP contribution in [0.2, 0.25) is 0 Å². The van der Waals surface area contributed by atoms with E-state index in [9.17, 15) is 10.2 Å². The summed E-state index contributed by atoms with van der Waals surface area (Å²) in [5.41, 5.74) is -0.0175. The van der Waals surface area contributed by atoms with Gasteiger partial charge in [-0.05, 0) is 23.8 Å². The van der Waals surface area contributed by atoms with E-state index in [2.05, 4.69) is 26.0 Å². The van der Waals surface area contributed by atoms with Gasteiger partial charge >= 0.3 is 0 Å². The summed E-state index contributed by atoms with van der Waals surface area (Å²) >= 11 is 3.42. The van der Waals surface area contributed by atoms with Gasteiger partial charge in [-0.3, -0.25) is 0 Å². The van der Waals surface area contributed by atoms with Gasteiger partial charge in [0, 0.05) is 10.0 Å². The molecular formula is C18H16BrN3O3. The summed E-state index contributed by atoms with van der Waals surface area (Å²) < 4.78 is 8.53. The summed E-state index contributed by atoms with van der Waals surface area (Å²) in [5, 5.41) is 26.3. The molecule has 0 spiro atoms. The minimum absolute atomic E-state index is 0.149. The van der Waals surface area contributed by atoms with E-state index in [4.69, 9.17) is 4.74 Å². The van der Waals surface area contributed by atoms with Gasteiger partial charge in [0.1, 0.15) is 30.6 Å². The molecule has 1 aliphatic heterocycles. The fraction of sp³-hybridized carbons (Fsp3) is 0.222. The van der Waals surface area contributed by atoms with Crippen molar-refractivity contribution in [2.24, 2.45) is 0 Å². The van der Waals surface area contributed by atoms with Crippen molar-refractivity contribution in [2.45, 2.75) is 24.4 Å². The Morgan fingerprint density at radius 2 is 2.04 bits per heavy atom. The molecule has 0 saturated heterocycles. The van der Waals surface area contributed by atoms with Crippen LogP contribution in [0.3, 0.4) is 0 Å². The fourth-order valence-electron chi connectivity index (χ4n) is 3.25. The van der Waals surface area contributed by atoms with Gasteiger partial charge in [0.25, 0.3) is 0 Å². The smallest absolute Gasteiger partial charge is 0.188 e. The second kappa shape index (κ2) is 6.25. The molecule has 0 unspecified atom stereocenters. The SMILES string of the molecule is O[C@@H]1c2cc(Br)ccc2O[C@]1(Cn1cncn1)[C@@H](O)c1ccccc1. The molecule has 25 heavy (non-hydrogen) atoms. The summed E-state index contributed by atoms with van der Waals surface area (Å²) in [4.78, 5) is 3.94. The second-order valence-corrected chi connectivity index (χ2v) is 6.96. The van der Waals surface area contributed by atoms with E-state index in [-0.39, 0.29) is 6.54 Å². The van der Waals surface area contributed by atoms with Gasteiger partial charge in [0.2, 0.25) is 0 Å². The van der Waals surface area contributed by atoms with E-state index in [1.165, 1.54) is 12.7 Å². The third-order valence-electron chi connectivity index (χ3n) is 4.48. The lowest BCUT2D eigenvalue weighted by Gasteiger charge is -2.36. The lowest BCUT2D eigenvalue weighted by molar-refractivity contribution is -0.124. The average molecular weight is 402 g/mol. The Kier molecular flexibility index (Phi) is 4.07. The van der Waals surface area contributed by atoms with Crippen molar-refractivity contribution >= 4 is 15.9 Å². The Hall–Kier alpha value is -2.22. The minimum atomic E-state index is -1.31. The Bertz CT molecular complexity index is 873. The molecule has 4 rings (SSSR count). The first kappa shape index (κ1) is 16.3. The van der Waals surface area contributed by atoms with E-state index in [1.54, 1.807) is 16.8 Å². The highest BCUT2D eigenvalue weighted by Crippen LogP contribution is 2.50. The van der Waals surface area contributed by atoms with Crippen LogP contribution >= 0.6 is 15.9 Å². The van der Waals surface area contributed by atoms with Crippen LogP contribution in [0.5, 0.6) is 5.75 Å². The first-order chi connectivity index (χ1) is 12.1. The Balaban J connectivity index is 1.80. The first-order valence-corrected chi connectivity index (χ1v) is 8.61. The second-order valence-electron chi connectivity index (χ2n) is 6.05. The maximum absolute atomic E-state index is 11.1. The molecule has 2 heterocycles. The molecule has 128 valence electrons. The number of aliphatic hydroxyl groups excluding tert-OH is 2. The van der Waals surface area contributed by atoms with E-state index in [1.807, 2.05) is 36.4 Å². The van der Waals surface area contributed by atoms with Gasteiger partial charge in [-0.1, -0.05) is 46.3 Å². The molecule has 0 saturated carbocycles. The Morgan fingerprint density at radius 1 is 1.24 bits per heavy atom. The number of aromatic nitrogens is 3. The monoisotopic (exact) mass is 401 g/mol. The number of nitrogens with zero attached hydrogens (tertiary/aromatic N) is 3. The van der Waals surface area contributed by atoms with Gasteiger partial charge in [-0.2, -0.15) is 5.10 Å². The van der Waals surface area contributed by atoms with Crippen molar-refractivity contribution in [1.82, 2.24) is 14.8 Å². The zero-order valence-electron chi connectivity index (χ0n) is 13.2. The molecule has 0 fully saturated rings. The molecule has 6 nitrogen and oxygen atoms in total. The van der Waals surface area contributed by atoms with Gasteiger partial charge in [-0.25, -0.2) is 9.67 Å². The van der Waals surface area contributed by atoms with Crippen LogP contribution in [0, 0.1) is 0 Å². The fourth-order valence-corrected chi connectivity index (χ4v) is 3.62. The molecular weight excluding hydrogens is 386 g/mol.